The fourth-order valence-electron chi connectivity index (χ4n) is 5.44. The van der Waals surface area contributed by atoms with Gasteiger partial charge in [0.15, 0.2) is 5.78 Å². The van der Waals surface area contributed by atoms with Gasteiger partial charge in [-0.05, 0) is 61.6 Å². The molecular weight excluding hydrogens is 470 g/mol. The Labute approximate surface area is 216 Å². The Morgan fingerprint density at radius 3 is 2.73 bits per heavy atom. The standard InChI is InChI=1S/C28H33N5O4/c29-32-22(15-30-21-4-2-1-3-5-21)16-33-11-10-24(17-33)37-23-7-8-25-19(14-23)13-20(27(25)35)12-18-6-9-26(34)31-28(18)36/h1-5,7-8,14-15,18,20,24,30,32H,6,9-13,16-17,29H2,(H,31,34,36)/b22-15-/t18?,20-,24-/m0/s1. The number of fused-ring (bicyclic) bond motifs is 1. The number of piperidine rings is 1. The second kappa shape index (κ2) is 11.1. The molecule has 2 saturated heterocycles. The van der Waals surface area contributed by atoms with Gasteiger partial charge in [0, 0.05) is 55.3 Å². The molecule has 2 aromatic rings. The highest BCUT2D eigenvalue weighted by atomic mass is 16.5. The predicted molar refractivity (Wildman–Crippen MR) is 139 cm³/mol. The second-order valence-electron chi connectivity index (χ2n) is 10.1. The number of Topliss-reactive ketones (excluding diaryl/α,β-unsaturated/α-hetero) is 1. The molecule has 0 radical (unpaired) electrons. The van der Waals surface area contributed by atoms with Crippen molar-refractivity contribution in [1.29, 1.82) is 0 Å². The molecule has 5 rings (SSSR count). The molecule has 5 N–H and O–H groups in total. The lowest BCUT2D eigenvalue weighted by molar-refractivity contribution is -0.136. The van der Waals surface area contributed by atoms with E-state index in [4.69, 9.17) is 10.6 Å². The van der Waals surface area contributed by atoms with Gasteiger partial charge in [0.05, 0.1) is 5.70 Å². The lowest BCUT2D eigenvalue weighted by Gasteiger charge is -2.22. The number of ether oxygens (including phenoxy) is 1. The first-order valence-corrected chi connectivity index (χ1v) is 12.9. The smallest absolute Gasteiger partial charge is 0.229 e. The van der Waals surface area contributed by atoms with Gasteiger partial charge >= 0.3 is 0 Å². The van der Waals surface area contributed by atoms with Gasteiger partial charge in [-0.2, -0.15) is 0 Å². The fraction of sp³-hybridized carbons (Fsp3) is 0.393. The van der Waals surface area contributed by atoms with E-state index < -0.39 is 0 Å². The van der Waals surface area contributed by atoms with Crippen LogP contribution >= 0.6 is 0 Å². The maximum absolute atomic E-state index is 12.9. The van der Waals surface area contributed by atoms with E-state index >= 15 is 0 Å². The van der Waals surface area contributed by atoms with Crippen LogP contribution in [-0.2, 0) is 16.0 Å². The van der Waals surface area contributed by atoms with E-state index in [2.05, 4.69) is 21.0 Å². The number of rotatable bonds is 9. The van der Waals surface area contributed by atoms with Crippen molar-refractivity contribution in [1.82, 2.24) is 15.6 Å². The van der Waals surface area contributed by atoms with Crippen molar-refractivity contribution in [3.8, 4) is 5.75 Å². The Morgan fingerprint density at radius 1 is 1.11 bits per heavy atom. The first-order valence-electron chi connectivity index (χ1n) is 12.9. The minimum atomic E-state index is -0.286. The number of hydrogen-bond donors (Lipinski definition) is 4. The minimum absolute atomic E-state index is 0.0514. The number of nitrogens with two attached hydrogens (primary N) is 1. The zero-order chi connectivity index (χ0) is 25.8. The molecule has 2 aromatic carbocycles. The van der Waals surface area contributed by atoms with Crippen LogP contribution in [0.3, 0.4) is 0 Å². The topological polar surface area (TPSA) is 126 Å². The van der Waals surface area contributed by atoms with Crippen LogP contribution in [-0.4, -0.2) is 48.2 Å². The summed E-state index contributed by atoms with van der Waals surface area (Å²) in [5.41, 5.74) is 6.33. The molecular formula is C28H33N5O4. The van der Waals surface area contributed by atoms with E-state index in [1.807, 2.05) is 54.7 Å². The third kappa shape index (κ3) is 6.00. The molecule has 0 saturated carbocycles. The highest BCUT2D eigenvalue weighted by Crippen LogP contribution is 2.35. The lowest BCUT2D eigenvalue weighted by Crippen LogP contribution is -2.41. The number of hydrogen-bond acceptors (Lipinski definition) is 8. The highest BCUT2D eigenvalue weighted by Gasteiger charge is 2.36. The number of ketones is 1. The quantitative estimate of drug-likeness (QED) is 0.233. The van der Waals surface area contributed by atoms with Crippen LogP contribution in [0.2, 0.25) is 0 Å². The van der Waals surface area contributed by atoms with Gasteiger partial charge in [0.25, 0.3) is 0 Å². The van der Waals surface area contributed by atoms with Crippen molar-refractivity contribution in [2.45, 2.75) is 38.2 Å². The fourth-order valence-corrected chi connectivity index (χ4v) is 5.44. The van der Waals surface area contributed by atoms with Crippen molar-refractivity contribution >= 4 is 23.3 Å². The van der Waals surface area contributed by atoms with E-state index in [9.17, 15) is 14.4 Å². The average Bonchev–Trinajstić information content (AvgIpc) is 3.47. The molecule has 1 aliphatic carbocycles. The van der Waals surface area contributed by atoms with Gasteiger partial charge in [0.2, 0.25) is 11.8 Å². The molecule has 0 bridgehead atoms. The van der Waals surface area contributed by atoms with Crippen molar-refractivity contribution in [3.05, 3.63) is 71.6 Å². The molecule has 194 valence electrons. The molecule has 2 amide bonds. The minimum Gasteiger partial charge on any atom is -0.489 e. The van der Waals surface area contributed by atoms with Gasteiger partial charge in [-0.3, -0.25) is 30.4 Å². The molecule has 37 heavy (non-hydrogen) atoms. The lowest BCUT2D eigenvalue weighted by atomic mass is 9.86. The Balaban J connectivity index is 1.14. The van der Waals surface area contributed by atoms with E-state index in [1.165, 1.54) is 0 Å². The molecule has 3 aliphatic rings. The first-order chi connectivity index (χ1) is 18.0. The number of hydrazine groups is 1. The normalized spacial score (nSPS) is 24.1. The van der Waals surface area contributed by atoms with Crippen LogP contribution < -0.4 is 26.6 Å². The largest absolute Gasteiger partial charge is 0.489 e. The second-order valence-corrected chi connectivity index (χ2v) is 10.1. The number of carbonyl (C=O) groups excluding carboxylic acids is 3. The van der Waals surface area contributed by atoms with E-state index in [0.717, 1.165) is 42.2 Å². The van der Waals surface area contributed by atoms with Gasteiger partial charge in [-0.15, -0.1) is 0 Å². The van der Waals surface area contributed by atoms with Crippen LogP contribution in [0, 0.1) is 11.8 Å². The number of nitrogens with zero attached hydrogens (tertiary/aromatic N) is 1. The van der Waals surface area contributed by atoms with Gasteiger partial charge in [0.1, 0.15) is 11.9 Å². The van der Waals surface area contributed by atoms with Gasteiger partial charge in [-0.25, -0.2) is 0 Å². The Kier molecular flexibility index (Phi) is 7.52. The SMILES string of the molecule is NN/C(=C\Nc1ccccc1)CN1CC[C@H](Oc2ccc3c(c2)C[C@H](CC2CCC(=O)NC2=O)C3=O)C1. The molecule has 3 atom stereocenters. The number of para-hydroxylation sites is 1. The zero-order valence-corrected chi connectivity index (χ0v) is 20.7. The maximum atomic E-state index is 12.9. The van der Waals surface area contributed by atoms with Gasteiger partial charge < -0.3 is 15.5 Å². The Hall–Kier alpha value is -3.69. The maximum Gasteiger partial charge on any atom is 0.229 e. The summed E-state index contributed by atoms with van der Waals surface area (Å²) in [5.74, 6) is 5.58. The molecule has 9 heteroatoms. The monoisotopic (exact) mass is 503 g/mol. The summed E-state index contributed by atoms with van der Waals surface area (Å²) in [6, 6.07) is 15.6. The van der Waals surface area contributed by atoms with E-state index in [1.54, 1.807) is 0 Å². The van der Waals surface area contributed by atoms with Crippen LogP contribution in [0.15, 0.2) is 60.4 Å². The number of anilines is 1. The van der Waals surface area contributed by atoms with Crippen molar-refractivity contribution in [3.63, 3.8) is 0 Å². The summed E-state index contributed by atoms with van der Waals surface area (Å²) in [5, 5.41) is 5.65. The highest BCUT2D eigenvalue weighted by molar-refractivity contribution is 6.03. The van der Waals surface area contributed by atoms with Crippen LogP contribution in [0.5, 0.6) is 5.75 Å². The zero-order valence-electron chi connectivity index (χ0n) is 20.7. The summed E-state index contributed by atoms with van der Waals surface area (Å²) in [4.78, 5) is 38.8. The summed E-state index contributed by atoms with van der Waals surface area (Å²) in [6.45, 7) is 2.35. The van der Waals surface area contributed by atoms with E-state index in [0.29, 0.717) is 37.8 Å². The number of imide groups is 1. The summed E-state index contributed by atoms with van der Waals surface area (Å²) in [6.07, 6.45) is 4.76. The molecule has 2 heterocycles. The summed E-state index contributed by atoms with van der Waals surface area (Å²) in [7, 11) is 0. The number of benzene rings is 2. The average molecular weight is 504 g/mol. The van der Waals surface area contributed by atoms with Crippen LogP contribution in [0.1, 0.15) is 41.6 Å². The van der Waals surface area contributed by atoms with Crippen molar-refractivity contribution < 1.29 is 19.1 Å². The first kappa shape index (κ1) is 25.0. The van der Waals surface area contributed by atoms with Crippen molar-refractivity contribution in [2.24, 2.45) is 17.7 Å². The number of carbonyl (C=O) groups is 3. The summed E-state index contributed by atoms with van der Waals surface area (Å²) < 4.78 is 6.28. The van der Waals surface area contributed by atoms with Crippen LogP contribution in [0.4, 0.5) is 5.69 Å². The number of amides is 2. The molecule has 0 aromatic heterocycles. The molecule has 2 fully saturated rings. The van der Waals surface area contributed by atoms with Gasteiger partial charge in [-0.1, -0.05) is 18.2 Å². The molecule has 1 unspecified atom stereocenters. The molecule has 0 spiro atoms. The van der Waals surface area contributed by atoms with Crippen molar-refractivity contribution in [2.75, 3.05) is 25.0 Å². The summed E-state index contributed by atoms with van der Waals surface area (Å²) >= 11 is 0. The Morgan fingerprint density at radius 2 is 1.95 bits per heavy atom. The Bertz CT molecular complexity index is 1200. The molecule has 2 aliphatic heterocycles. The van der Waals surface area contributed by atoms with Crippen LogP contribution in [0.25, 0.3) is 0 Å². The number of nitrogens with one attached hydrogen (secondary N) is 3. The predicted octanol–water partition coefficient (Wildman–Crippen LogP) is 2.35. The molecule has 9 nitrogen and oxygen atoms in total. The van der Waals surface area contributed by atoms with E-state index in [-0.39, 0.29) is 35.5 Å². The number of likely N-dealkylation sites (tertiary alicyclic amines) is 1. The third-order valence-electron chi connectivity index (χ3n) is 7.40. The third-order valence-corrected chi connectivity index (χ3v) is 7.40.